The van der Waals surface area contributed by atoms with Crippen molar-refractivity contribution in [3.8, 4) is 0 Å². The largest absolute Gasteiger partial charge is 1.00 e. The van der Waals surface area contributed by atoms with Crippen LogP contribution in [0.15, 0.2) is 10.5 Å². The number of aromatic nitrogens is 1. The maximum absolute atomic E-state index is 11.0. The average Bonchev–Trinajstić information content (AvgIpc) is 2.77. The zero-order chi connectivity index (χ0) is 13.0. The zero-order valence-corrected chi connectivity index (χ0v) is 14.1. The molecule has 1 aliphatic rings. The maximum Gasteiger partial charge on any atom is 1.00 e. The number of carbonyl (C=O) groups is 1. The molecular formula is C10H12N3NaO3S2. The van der Waals surface area contributed by atoms with Gasteiger partial charge < -0.3 is 20.5 Å². The Hall–Kier alpha value is -0.280. The van der Waals surface area contributed by atoms with Crippen LogP contribution in [0, 0.1) is 0 Å². The molecule has 0 amide bonds. The van der Waals surface area contributed by atoms with Crippen molar-refractivity contribution in [3.63, 3.8) is 0 Å². The van der Waals surface area contributed by atoms with Crippen LogP contribution in [0.25, 0.3) is 0 Å². The predicted octanol–water partition coefficient (Wildman–Crippen LogP) is -2.90. The fourth-order valence-electron chi connectivity index (χ4n) is 1.49. The molecule has 6 nitrogen and oxygen atoms in total. The molecule has 98 valence electrons. The standard InChI is InChI=1S/C10H13N3O3S2.Na/c11-10-12-7(5-18-10)8(9(14)15)13-16-6-1-3-17-4-2-6;/h5-6H,1-4H2,(H2,11,12)(H,14,15);/q;+1/p-1/b13-8-;. The molecule has 0 aliphatic carbocycles. The van der Waals surface area contributed by atoms with Crippen LogP contribution in [0.4, 0.5) is 5.13 Å². The van der Waals surface area contributed by atoms with Crippen LogP contribution in [0.2, 0.25) is 0 Å². The molecule has 1 saturated heterocycles. The van der Waals surface area contributed by atoms with E-state index < -0.39 is 5.97 Å². The van der Waals surface area contributed by atoms with E-state index in [0.717, 1.165) is 35.7 Å². The number of nitrogen functional groups attached to an aromatic ring is 1. The Kier molecular flexibility index (Phi) is 7.16. The molecule has 0 unspecified atom stereocenters. The Bertz CT molecular complexity index is 461. The molecule has 19 heavy (non-hydrogen) atoms. The molecule has 1 fully saturated rings. The fraction of sp³-hybridized carbons (Fsp3) is 0.500. The third-order valence-corrected chi connectivity index (χ3v) is 4.14. The van der Waals surface area contributed by atoms with E-state index in [2.05, 4.69) is 10.1 Å². The molecule has 0 bridgehead atoms. The third-order valence-electron chi connectivity index (χ3n) is 2.42. The predicted molar refractivity (Wildman–Crippen MR) is 69.5 cm³/mol. The molecule has 2 rings (SSSR count). The summed E-state index contributed by atoms with van der Waals surface area (Å²) in [7, 11) is 0. The maximum atomic E-state index is 11.0. The minimum Gasteiger partial charge on any atom is -0.543 e. The van der Waals surface area contributed by atoms with E-state index >= 15 is 0 Å². The van der Waals surface area contributed by atoms with Gasteiger partial charge in [-0.05, 0) is 24.3 Å². The summed E-state index contributed by atoms with van der Waals surface area (Å²) in [5, 5.41) is 16.4. The Labute approximate surface area is 141 Å². The molecule has 1 aliphatic heterocycles. The van der Waals surface area contributed by atoms with Crippen LogP contribution < -0.4 is 40.4 Å². The molecule has 0 aromatic carbocycles. The molecule has 9 heteroatoms. The minimum atomic E-state index is -1.41. The van der Waals surface area contributed by atoms with Gasteiger partial charge in [0.1, 0.15) is 11.8 Å². The first kappa shape index (κ1) is 16.8. The first-order valence-electron chi connectivity index (χ1n) is 5.41. The van der Waals surface area contributed by atoms with E-state index in [1.165, 1.54) is 5.38 Å². The monoisotopic (exact) mass is 309 g/mol. The number of carboxylic acids is 1. The molecule has 2 N–H and O–H groups in total. The number of thiazole rings is 1. The SMILES string of the molecule is Nc1nc(/C(=N/OC2CCSCC2)C(=O)[O-])cs1.[Na+]. The van der Waals surface area contributed by atoms with Crippen LogP contribution in [0.3, 0.4) is 0 Å². The second-order valence-electron chi connectivity index (χ2n) is 3.72. The summed E-state index contributed by atoms with van der Waals surface area (Å²) >= 11 is 3.00. The van der Waals surface area contributed by atoms with Crippen molar-refractivity contribution in [1.29, 1.82) is 0 Å². The molecular weight excluding hydrogens is 297 g/mol. The van der Waals surface area contributed by atoms with Gasteiger partial charge in [-0.2, -0.15) is 11.8 Å². The molecule has 0 radical (unpaired) electrons. The first-order chi connectivity index (χ1) is 8.66. The van der Waals surface area contributed by atoms with Gasteiger partial charge in [0, 0.05) is 5.38 Å². The quantitative estimate of drug-likeness (QED) is 0.364. The summed E-state index contributed by atoms with van der Waals surface area (Å²) < 4.78 is 0. The Morgan fingerprint density at radius 2 is 2.21 bits per heavy atom. The number of rotatable bonds is 4. The van der Waals surface area contributed by atoms with Crippen molar-refractivity contribution in [3.05, 3.63) is 11.1 Å². The molecule has 1 aromatic heterocycles. The Morgan fingerprint density at radius 1 is 1.53 bits per heavy atom. The van der Waals surface area contributed by atoms with Gasteiger partial charge in [0.2, 0.25) is 0 Å². The number of thioether (sulfide) groups is 1. The zero-order valence-electron chi connectivity index (χ0n) is 10.5. The van der Waals surface area contributed by atoms with Crippen LogP contribution in [-0.4, -0.2) is 34.3 Å². The second kappa shape index (κ2) is 8.11. The van der Waals surface area contributed by atoms with Crippen molar-refractivity contribution in [2.24, 2.45) is 5.16 Å². The Morgan fingerprint density at radius 3 is 2.74 bits per heavy atom. The second-order valence-corrected chi connectivity index (χ2v) is 5.83. The molecule has 1 aromatic rings. The number of nitrogens with two attached hydrogens (primary N) is 1. The number of hydrogen-bond donors (Lipinski definition) is 1. The number of anilines is 1. The van der Waals surface area contributed by atoms with Crippen LogP contribution in [-0.2, 0) is 9.63 Å². The van der Waals surface area contributed by atoms with Crippen molar-refractivity contribution in [1.82, 2.24) is 4.98 Å². The van der Waals surface area contributed by atoms with Crippen molar-refractivity contribution in [2.75, 3.05) is 17.2 Å². The topological polar surface area (TPSA) is 101 Å². The number of carbonyl (C=O) groups excluding carboxylic acids is 1. The number of aliphatic carboxylic acids is 1. The van der Waals surface area contributed by atoms with Gasteiger partial charge in [0.25, 0.3) is 0 Å². The Balaban J connectivity index is 0.00000180. The van der Waals surface area contributed by atoms with E-state index in [1.54, 1.807) is 0 Å². The van der Waals surface area contributed by atoms with E-state index in [-0.39, 0.29) is 52.2 Å². The summed E-state index contributed by atoms with van der Waals surface area (Å²) in [6, 6.07) is 0. The van der Waals surface area contributed by atoms with E-state index in [0.29, 0.717) is 0 Å². The fourth-order valence-corrected chi connectivity index (χ4v) is 3.10. The van der Waals surface area contributed by atoms with Crippen molar-refractivity contribution < 1.29 is 44.3 Å². The van der Waals surface area contributed by atoms with E-state index in [1.807, 2.05) is 11.8 Å². The number of nitrogens with zero attached hydrogens (tertiary/aromatic N) is 2. The van der Waals surface area contributed by atoms with Crippen LogP contribution in [0.5, 0.6) is 0 Å². The van der Waals surface area contributed by atoms with Gasteiger partial charge in [-0.25, -0.2) is 4.98 Å². The summed E-state index contributed by atoms with van der Waals surface area (Å²) in [6.45, 7) is 0. The molecule has 0 atom stereocenters. The third kappa shape index (κ3) is 4.96. The van der Waals surface area contributed by atoms with E-state index in [4.69, 9.17) is 10.6 Å². The van der Waals surface area contributed by atoms with Crippen LogP contribution >= 0.6 is 23.1 Å². The smallest absolute Gasteiger partial charge is 0.543 e. The van der Waals surface area contributed by atoms with Gasteiger partial charge in [0.05, 0.1) is 5.97 Å². The molecule has 2 heterocycles. The molecule has 0 spiro atoms. The summed E-state index contributed by atoms with van der Waals surface area (Å²) in [6.07, 6.45) is 1.71. The van der Waals surface area contributed by atoms with Gasteiger partial charge in [0.15, 0.2) is 10.8 Å². The van der Waals surface area contributed by atoms with Gasteiger partial charge in [-0.3, -0.25) is 0 Å². The van der Waals surface area contributed by atoms with Gasteiger partial charge in [-0.15, -0.1) is 11.3 Å². The summed E-state index contributed by atoms with van der Waals surface area (Å²) in [4.78, 5) is 20.1. The van der Waals surface area contributed by atoms with E-state index in [9.17, 15) is 9.90 Å². The number of hydrogen-bond acceptors (Lipinski definition) is 8. The minimum absolute atomic E-state index is 0. The number of oxime groups is 1. The molecule has 0 saturated carbocycles. The first-order valence-corrected chi connectivity index (χ1v) is 7.44. The average molecular weight is 309 g/mol. The van der Waals surface area contributed by atoms with Gasteiger partial charge >= 0.3 is 29.6 Å². The van der Waals surface area contributed by atoms with Gasteiger partial charge in [-0.1, -0.05) is 5.16 Å². The number of carboxylic acid groups (broad SMARTS) is 1. The summed E-state index contributed by atoms with van der Waals surface area (Å²) in [5.74, 6) is 0.597. The van der Waals surface area contributed by atoms with Crippen molar-refractivity contribution >= 4 is 39.9 Å². The summed E-state index contributed by atoms with van der Waals surface area (Å²) in [5.41, 5.74) is 5.33. The van der Waals surface area contributed by atoms with Crippen LogP contribution in [0.1, 0.15) is 18.5 Å². The van der Waals surface area contributed by atoms with Crippen molar-refractivity contribution in [2.45, 2.75) is 18.9 Å². The normalized spacial score (nSPS) is 16.7.